The van der Waals surface area contributed by atoms with Crippen molar-refractivity contribution in [3.05, 3.63) is 28.2 Å². The standard InChI is InChI=1S/C12H14Cl2N2O2/c13-9-1-2-10(14)11(3-9)15-12(18)6-16-4-8(5-16)7-17/h1-3,8,17H,4-7H2,(H,15,18). The summed E-state index contributed by atoms with van der Waals surface area (Å²) in [6, 6.07) is 4.93. The quantitative estimate of drug-likeness (QED) is 0.889. The molecule has 1 fully saturated rings. The van der Waals surface area contributed by atoms with Crippen LogP contribution in [0.4, 0.5) is 5.69 Å². The van der Waals surface area contributed by atoms with Gasteiger partial charge < -0.3 is 10.4 Å². The molecule has 4 nitrogen and oxygen atoms in total. The Morgan fingerprint density at radius 1 is 1.44 bits per heavy atom. The number of halogens is 2. The Labute approximate surface area is 115 Å². The van der Waals surface area contributed by atoms with Crippen molar-refractivity contribution >= 4 is 34.8 Å². The maximum Gasteiger partial charge on any atom is 0.238 e. The highest BCUT2D eigenvalue weighted by Crippen LogP contribution is 2.25. The normalized spacial score (nSPS) is 16.4. The number of rotatable bonds is 4. The van der Waals surface area contributed by atoms with Crippen molar-refractivity contribution in [2.24, 2.45) is 5.92 Å². The van der Waals surface area contributed by atoms with E-state index in [1.54, 1.807) is 18.2 Å². The van der Waals surface area contributed by atoms with Gasteiger partial charge in [-0.05, 0) is 18.2 Å². The monoisotopic (exact) mass is 288 g/mol. The molecule has 0 saturated carbocycles. The lowest BCUT2D eigenvalue weighted by atomic mass is 10.0. The molecule has 1 aliphatic heterocycles. The molecule has 2 rings (SSSR count). The van der Waals surface area contributed by atoms with Crippen LogP contribution in [-0.4, -0.2) is 42.2 Å². The highest BCUT2D eigenvalue weighted by Gasteiger charge is 2.27. The number of nitrogens with zero attached hydrogens (tertiary/aromatic N) is 1. The third kappa shape index (κ3) is 3.36. The van der Waals surface area contributed by atoms with Crippen LogP contribution < -0.4 is 5.32 Å². The third-order valence-electron chi connectivity index (χ3n) is 2.86. The Balaban J connectivity index is 1.86. The molecule has 1 aliphatic rings. The van der Waals surface area contributed by atoms with Gasteiger partial charge in [0.15, 0.2) is 0 Å². The molecular weight excluding hydrogens is 275 g/mol. The zero-order valence-corrected chi connectivity index (χ0v) is 11.2. The largest absolute Gasteiger partial charge is 0.396 e. The summed E-state index contributed by atoms with van der Waals surface area (Å²) in [6.07, 6.45) is 0. The van der Waals surface area contributed by atoms with Gasteiger partial charge in [0.25, 0.3) is 0 Å². The van der Waals surface area contributed by atoms with Gasteiger partial charge in [0, 0.05) is 30.6 Å². The van der Waals surface area contributed by atoms with E-state index in [2.05, 4.69) is 5.32 Å². The average molecular weight is 289 g/mol. The van der Waals surface area contributed by atoms with Crippen LogP contribution in [0.3, 0.4) is 0 Å². The van der Waals surface area contributed by atoms with Gasteiger partial charge in [-0.25, -0.2) is 0 Å². The van der Waals surface area contributed by atoms with Crippen molar-refractivity contribution < 1.29 is 9.90 Å². The van der Waals surface area contributed by atoms with Crippen molar-refractivity contribution in [3.8, 4) is 0 Å². The molecule has 1 heterocycles. The number of amides is 1. The topological polar surface area (TPSA) is 52.6 Å². The van der Waals surface area contributed by atoms with Gasteiger partial charge in [0.05, 0.1) is 17.3 Å². The Hall–Kier alpha value is -0.810. The summed E-state index contributed by atoms with van der Waals surface area (Å²) in [7, 11) is 0. The molecule has 0 aromatic heterocycles. The fourth-order valence-electron chi connectivity index (χ4n) is 1.91. The van der Waals surface area contributed by atoms with Crippen molar-refractivity contribution in [1.29, 1.82) is 0 Å². The number of anilines is 1. The van der Waals surface area contributed by atoms with Gasteiger partial charge in [-0.3, -0.25) is 9.69 Å². The number of carbonyl (C=O) groups is 1. The molecule has 0 unspecified atom stereocenters. The maximum atomic E-state index is 11.8. The highest BCUT2D eigenvalue weighted by atomic mass is 35.5. The zero-order valence-electron chi connectivity index (χ0n) is 9.70. The molecule has 0 atom stereocenters. The van der Waals surface area contributed by atoms with Crippen LogP contribution in [0.5, 0.6) is 0 Å². The molecule has 1 aromatic carbocycles. The lowest BCUT2D eigenvalue weighted by molar-refractivity contribution is -0.119. The number of hydrogen-bond acceptors (Lipinski definition) is 3. The van der Waals surface area contributed by atoms with Crippen LogP contribution in [0.1, 0.15) is 0 Å². The molecule has 0 spiro atoms. The molecule has 0 bridgehead atoms. The van der Waals surface area contributed by atoms with Gasteiger partial charge in [-0.15, -0.1) is 0 Å². The van der Waals surface area contributed by atoms with Gasteiger partial charge in [-0.2, -0.15) is 0 Å². The van der Waals surface area contributed by atoms with Crippen LogP contribution in [0.25, 0.3) is 0 Å². The van der Waals surface area contributed by atoms with Crippen LogP contribution >= 0.6 is 23.2 Å². The minimum absolute atomic E-state index is 0.129. The lowest BCUT2D eigenvalue weighted by Crippen LogP contribution is -2.51. The first-order valence-electron chi connectivity index (χ1n) is 5.66. The first-order chi connectivity index (χ1) is 8.58. The van der Waals surface area contributed by atoms with E-state index in [-0.39, 0.29) is 12.5 Å². The van der Waals surface area contributed by atoms with E-state index < -0.39 is 0 Å². The van der Waals surface area contributed by atoms with E-state index in [0.29, 0.717) is 28.2 Å². The molecule has 6 heteroatoms. The molecule has 1 saturated heterocycles. The first kappa shape index (κ1) is 13.6. The van der Waals surface area contributed by atoms with E-state index in [9.17, 15) is 4.79 Å². The number of nitrogens with one attached hydrogen (secondary N) is 1. The summed E-state index contributed by atoms with van der Waals surface area (Å²) in [6.45, 7) is 2.00. The summed E-state index contributed by atoms with van der Waals surface area (Å²) in [5.41, 5.74) is 0.522. The maximum absolute atomic E-state index is 11.8. The second kappa shape index (κ2) is 5.89. The van der Waals surface area contributed by atoms with E-state index in [0.717, 1.165) is 13.1 Å². The molecule has 1 amide bonds. The number of aliphatic hydroxyl groups is 1. The van der Waals surface area contributed by atoms with Crippen molar-refractivity contribution in [1.82, 2.24) is 4.90 Å². The third-order valence-corrected chi connectivity index (χ3v) is 3.43. The van der Waals surface area contributed by atoms with E-state index in [1.807, 2.05) is 4.90 Å². The summed E-state index contributed by atoms with van der Waals surface area (Å²) >= 11 is 11.8. The second-order valence-corrected chi connectivity index (χ2v) is 5.26. The first-order valence-corrected chi connectivity index (χ1v) is 6.42. The molecule has 18 heavy (non-hydrogen) atoms. The van der Waals surface area contributed by atoms with Gasteiger partial charge in [0.1, 0.15) is 0 Å². The molecule has 98 valence electrons. The molecule has 0 aliphatic carbocycles. The number of carbonyl (C=O) groups excluding carboxylic acids is 1. The average Bonchev–Trinajstić information content (AvgIpc) is 2.28. The van der Waals surface area contributed by atoms with E-state index in [4.69, 9.17) is 28.3 Å². The smallest absolute Gasteiger partial charge is 0.238 e. The number of hydrogen-bond donors (Lipinski definition) is 2. The van der Waals surface area contributed by atoms with Gasteiger partial charge >= 0.3 is 0 Å². The Morgan fingerprint density at radius 2 is 2.17 bits per heavy atom. The summed E-state index contributed by atoms with van der Waals surface area (Å²) < 4.78 is 0. The zero-order chi connectivity index (χ0) is 13.1. The summed E-state index contributed by atoms with van der Waals surface area (Å²) in [4.78, 5) is 13.7. The Kier molecular flexibility index (Phi) is 4.45. The molecule has 0 radical (unpaired) electrons. The Morgan fingerprint density at radius 3 is 2.83 bits per heavy atom. The van der Waals surface area contributed by atoms with Crippen LogP contribution in [-0.2, 0) is 4.79 Å². The number of aliphatic hydroxyl groups excluding tert-OH is 1. The molecule has 2 N–H and O–H groups in total. The fourth-order valence-corrected chi connectivity index (χ4v) is 2.24. The summed E-state index contributed by atoms with van der Waals surface area (Å²) in [5.74, 6) is 0.170. The Bertz CT molecular complexity index is 448. The van der Waals surface area contributed by atoms with E-state index in [1.165, 1.54) is 0 Å². The predicted octanol–water partition coefficient (Wildman–Crippen LogP) is 1.86. The van der Waals surface area contributed by atoms with Crippen molar-refractivity contribution in [3.63, 3.8) is 0 Å². The summed E-state index contributed by atoms with van der Waals surface area (Å²) in [5, 5.41) is 12.6. The van der Waals surface area contributed by atoms with Crippen LogP contribution in [0.15, 0.2) is 18.2 Å². The number of likely N-dealkylation sites (tertiary alicyclic amines) is 1. The lowest BCUT2D eigenvalue weighted by Gasteiger charge is -2.37. The highest BCUT2D eigenvalue weighted by molar-refractivity contribution is 6.35. The minimum atomic E-state index is -0.129. The minimum Gasteiger partial charge on any atom is -0.396 e. The second-order valence-electron chi connectivity index (χ2n) is 4.42. The van der Waals surface area contributed by atoms with Gasteiger partial charge in [-0.1, -0.05) is 23.2 Å². The van der Waals surface area contributed by atoms with Crippen molar-refractivity contribution in [2.45, 2.75) is 0 Å². The van der Waals surface area contributed by atoms with E-state index >= 15 is 0 Å². The van der Waals surface area contributed by atoms with Crippen LogP contribution in [0.2, 0.25) is 10.0 Å². The van der Waals surface area contributed by atoms with Crippen molar-refractivity contribution in [2.75, 3.05) is 31.6 Å². The SMILES string of the molecule is O=C(CN1CC(CO)C1)Nc1cc(Cl)ccc1Cl. The molecular formula is C12H14Cl2N2O2. The predicted molar refractivity (Wildman–Crippen MR) is 72.1 cm³/mol. The number of benzene rings is 1. The van der Waals surface area contributed by atoms with Crippen LogP contribution in [0, 0.1) is 5.92 Å². The van der Waals surface area contributed by atoms with Gasteiger partial charge in [0.2, 0.25) is 5.91 Å². The molecule has 1 aromatic rings. The fraction of sp³-hybridized carbons (Fsp3) is 0.417.